The second-order valence-corrected chi connectivity index (χ2v) is 21.7. The molecule has 10 aliphatic rings. The molecule has 10 aliphatic carbocycles. The summed E-state index contributed by atoms with van der Waals surface area (Å²) >= 11 is 0. The van der Waals surface area contributed by atoms with Crippen molar-refractivity contribution in [1.82, 2.24) is 0 Å². The second kappa shape index (κ2) is 13.0. The molecule has 0 atom stereocenters. The summed E-state index contributed by atoms with van der Waals surface area (Å²) in [6.45, 7) is 0. The standard InChI is InChI=1S/C62H55N/c1-2-8-42(9-3-1)43-14-19-50(20-15-43)63(52-23-25-59-56(37-52)54-11-5-7-13-58(54)61(59)46-28-38-26-39(30-46)31-47(61)29-38)51-21-16-44(17-22-51)45-18-24-55-53-10-4-6-12-57(53)62(60(55)36-45)48-32-40-27-41(34-48)35-49(62)33-40/h1-25,36-41,46-49H,26-35H2. The minimum absolute atomic E-state index is 0.175. The molecule has 7 aromatic rings. The molecule has 7 aromatic carbocycles. The number of hydrogen-bond donors (Lipinski definition) is 0. The van der Waals surface area contributed by atoms with Crippen LogP contribution in [0.2, 0.25) is 0 Å². The molecular weight excluding hydrogens is 759 g/mol. The number of benzene rings is 7. The molecule has 0 N–H and O–H groups in total. The summed E-state index contributed by atoms with van der Waals surface area (Å²) in [5, 5.41) is 0. The fourth-order valence-corrected chi connectivity index (χ4v) is 17.3. The second-order valence-electron chi connectivity index (χ2n) is 21.7. The van der Waals surface area contributed by atoms with Gasteiger partial charge in [-0.3, -0.25) is 0 Å². The van der Waals surface area contributed by atoms with Crippen LogP contribution in [0.25, 0.3) is 44.5 Å². The molecule has 63 heavy (non-hydrogen) atoms. The molecule has 1 nitrogen and oxygen atoms in total. The van der Waals surface area contributed by atoms with E-state index in [0.29, 0.717) is 0 Å². The molecule has 8 saturated carbocycles. The lowest BCUT2D eigenvalue weighted by molar-refractivity contribution is -0.0399. The Morgan fingerprint density at radius 1 is 0.286 bits per heavy atom. The van der Waals surface area contributed by atoms with Gasteiger partial charge in [0.2, 0.25) is 0 Å². The van der Waals surface area contributed by atoms with Gasteiger partial charge in [0.15, 0.2) is 0 Å². The molecular formula is C62H55N. The molecule has 0 heterocycles. The van der Waals surface area contributed by atoms with Crippen LogP contribution in [0.5, 0.6) is 0 Å². The highest BCUT2D eigenvalue weighted by molar-refractivity contribution is 5.89. The van der Waals surface area contributed by atoms with Crippen LogP contribution in [0.4, 0.5) is 17.1 Å². The van der Waals surface area contributed by atoms with Crippen LogP contribution in [0.3, 0.4) is 0 Å². The van der Waals surface area contributed by atoms with Crippen molar-refractivity contribution in [2.75, 3.05) is 4.90 Å². The molecule has 2 spiro atoms. The SMILES string of the molecule is c1ccc(-c2ccc(N(c3ccc(-c4ccc5c(c4)C4(c6ccccc6-5)C5CC6CC(C5)CC4C6)cc3)c3ccc4c(c3)-c3ccccc3C43C4CC5CC(C4)CC3C5)cc2)cc1. The molecule has 0 unspecified atom stereocenters. The van der Waals surface area contributed by atoms with Crippen molar-refractivity contribution >= 4 is 17.1 Å². The first-order chi connectivity index (χ1) is 31.1. The summed E-state index contributed by atoms with van der Waals surface area (Å²) in [5.41, 5.74) is 21.6. The molecule has 308 valence electrons. The van der Waals surface area contributed by atoms with Crippen molar-refractivity contribution in [2.24, 2.45) is 47.3 Å². The van der Waals surface area contributed by atoms with Crippen LogP contribution in [0.1, 0.15) is 86.5 Å². The van der Waals surface area contributed by atoms with Gasteiger partial charge in [-0.25, -0.2) is 0 Å². The molecule has 0 aromatic heterocycles. The first kappa shape index (κ1) is 35.8. The van der Waals surface area contributed by atoms with Crippen LogP contribution in [0, 0.1) is 47.3 Å². The Kier molecular flexibility index (Phi) is 7.36. The predicted octanol–water partition coefficient (Wildman–Crippen LogP) is 15.9. The van der Waals surface area contributed by atoms with E-state index in [-0.39, 0.29) is 10.8 Å². The Morgan fingerprint density at radius 3 is 1.24 bits per heavy atom. The number of rotatable bonds is 5. The third kappa shape index (κ3) is 4.79. The Hall–Kier alpha value is -5.66. The summed E-state index contributed by atoms with van der Waals surface area (Å²) in [6.07, 6.45) is 14.3. The van der Waals surface area contributed by atoms with Crippen LogP contribution in [-0.4, -0.2) is 0 Å². The lowest BCUT2D eigenvalue weighted by Crippen LogP contribution is -2.55. The van der Waals surface area contributed by atoms with Gasteiger partial charge in [0, 0.05) is 27.9 Å². The van der Waals surface area contributed by atoms with Crippen molar-refractivity contribution in [3.8, 4) is 44.5 Å². The minimum atomic E-state index is 0.175. The van der Waals surface area contributed by atoms with Crippen molar-refractivity contribution in [1.29, 1.82) is 0 Å². The smallest absolute Gasteiger partial charge is 0.0468 e. The predicted molar refractivity (Wildman–Crippen MR) is 259 cm³/mol. The van der Waals surface area contributed by atoms with E-state index in [4.69, 9.17) is 0 Å². The number of hydrogen-bond acceptors (Lipinski definition) is 1. The van der Waals surface area contributed by atoms with E-state index in [0.717, 1.165) is 47.3 Å². The summed E-state index contributed by atoms with van der Waals surface area (Å²) in [4.78, 5) is 2.52. The maximum Gasteiger partial charge on any atom is 0.0468 e. The number of fused-ring (bicyclic) bond motifs is 6. The van der Waals surface area contributed by atoms with Gasteiger partial charge in [-0.2, -0.15) is 0 Å². The topological polar surface area (TPSA) is 3.24 Å². The van der Waals surface area contributed by atoms with Gasteiger partial charge >= 0.3 is 0 Å². The van der Waals surface area contributed by atoms with Gasteiger partial charge in [-0.15, -0.1) is 0 Å². The number of nitrogens with zero attached hydrogens (tertiary/aromatic N) is 1. The van der Waals surface area contributed by atoms with Crippen LogP contribution in [0.15, 0.2) is 164 Å². The molecule has 0 aliphatic heterocycles. The maximum absolute atomic E-state index is 2.64. The van der Waals surface area contributed by atoms with E-state index in [1.54, 1.807) is 22.3 Å². The zero-order valence-corrected chi connectivity index (χ0v) is 36.2. The lowest BCUT2D eigenvalue weighted by Gasteiger charge is -2.61. The molecule has 8 bridgehead atoms. The molecule has 8 fully saturated rings. The molecule has 1 heteroatoms. The average Bonchev–Trinajstić information content (AvgIpc) is 3.78. The average molecular weight is 814 g/mol. The minimum Gasteiger partial charge on any atom is -0.310 e. The molecule has 0 saturated heterocycles. The molecule has 0 radical (unpaired) electrons. The van der Waals surface area contributed by atoms with Gasteiger partial charge < -0.3 is 4.90 Å². The van der Waals surface area contributed by atoms with E-state index in [9.17, 15) is 0 Å². The van der Waals surface area contributed by atoms with Gasteiger partial charge in [0.05, 0.1) is 0 Å². The first-order valence-corrected chi connectivity index (χ1v) is 24.7. The zero-order valence-electron chi connectivity index (χ0n) is 36.2. The maximum atomic E-state index is 2.64. The number of anilines is 3. The highest BCUT2D eigenvalue weighted by atomic mass is 15.1. The van der Waals surface area contributed by atoms with Gasteiger partial charge in [0.25, 0.3) is 0 Å². The summed E-state index contributed by atoms with van der Waals surface area (Å²) in [5.74, 6) is 6.85. The quantitative estimate of drug-likeness (QED) is 0.167. The van der Waals surface area contributed by atoms with E-state index in [1.165, 1.54) is 126 Å². The van der Waals surface area contributed by atoms with Crippen molar-refractivity contribution in [3.63, 3.8) is 0 Å². The Balaban J connectivity index is 0.843. The van der Waals surface area contributed by atoms with Gasteiger partial charge in [-0.05, 0) is 221 Å². The largest absolute Gasteiger partial charge is 0.310 e. The van der Waals surface area contributed by atoms with E-state index in [1.807, 2.05) is 0 Å². The van der Waals surface area contributed by atoms with Crippen molar-refractivity contribution in [3.05, 3.63) is 186 Å². The van der Waals surface area contributed by atoms with Crippen LogP contribution >= 0.6 is 0 Å². The highest BCUT2D eigenvalue weighted by Gasteiger charge is 2.63. The molecule has 0 amide bonds. The van der Waals surface area contributed by atoms with Crippen molar-refractivity contribution < 1.29 is 0 Å². The van der Waals surface area contributed by atoms with E-state index in [2.05, 4.69) is 169 Å². The Morgan fingerprint density at radius 2 is 0.683 bits per heavy atom. The van der Waals surface area contributed by atoms with Gasteiger partial charge in [-0.1, -0.05) is 121 Å². The lowest BCUT2D eigenvalue weighted by atomic mass is 9.43. The third-order valence-corrected chi connectivity index (χ3v) is 19.0. The van der Waals surface area contributed by atoms with E-state index < -0.39 is 0 Å². The van der Waals surface area contributed by atoms with Crippen LogP contribution < -0.4 is 4.90 Å². The summed E-state index contributed by atoms with van der Waals surface area (Å²) in [6, 6.07) is 63.9. The summed E-state index contributed by atoms with van der Waals surface area (Å²) < 4.78 is 0. The normalized spacial score (nSPS) is 31.6. The first-order valence-electron chi connectivity index (χ1n) is 24.7. The summed E-state index contributed by atoms with van der Waals surface area (Å²) in [7, 11) is 0. The molecule has 17 rings (SSSR count). The van der Waals surface area contributed by atoms with Gasteiger partial charge in [0.1, 0.15) is 0 Å². The van der Waals surface area contributed by atoms with Crippen LogP contribution in [-0.2, 0) is 10.8 Å². The Bertz CT molecular complexity index is 2910. The van der Waals surface area contributed by atoms with Crippen molar-refractivity contribution in [2.45, 2.75) is 75.0 Å². The fourth-order valence-electron chi connectivity index (χ4n) is 17.3. The zero-order chi connectivity index (χ0) is 41.0. The monoisotopic (exact) mass is 813 g/mol. The van der Waals surface area contributed by atoms with E-state index >= 15 is 0 Å². The fraction of sp³-hybridized carbons (Fsp3) is 0.323. The highest BCUT2D eigenvalue weighted by Crippen LogP contribution is 2.71. The third-order valence-electron chi connectivity index (χ3n) is 19.0. The Labute approximate surface area is 373 Å².